The Balaban J connectivity index is 1.88. The van der Waals surface area contributed by atoms with Crippen molar-refractivity contribution in [1.29, 1.82) is 5.26 Å². The van der Waals surface area contributed by atoms with Crippen molar-refractivity contribution in [2.45, 2.75) is 6.42 Å². The van der Waals surface area contributed by atoms with Crippen LogP contribution < -0.4 is 5.32 Å². The zero-order valence-corrected chi connectivity index (χ0v) is 9.59. The van der Waals surface area contributed by atoms with Crippen molar-refractivity contribution in [3.8, 4) is 6.07 Å². The van der Waals surface area contributed by atoms with Crippen LogP contribution in [0.1, 0.15) is 11.3 Å². The van der Waals surface area contributed by atoms with Crippen molar-refractivity contribution in [2.24, 2.45) is 7.05 Å². The highest BCUT2D eigenvalue weighted by atomic mass is 15.2. The quantitative estimate of drug-likeness (QED) is 0.856. The van der Waals surface area contributed by atoms with Gasteiger partial charge in [0.1, 0.15) is 11.8 Å². The Morgan fingerprint density at radius 2 is 2.41 bits per heavy atom. The molecule has 2 rings (SSSR count). The van der Waals surface area contributed by atoms with Crippen LogP contribution in [-0.4, -0.2) is 21.3 Å². The molecule has 0 fully saturated rings. The second-order valence-corrected chi connectivity index (χ2v) is 3.74. The zero-order valence-electron chi connectivity index (χ0n) is 9.59. The third-order valence-corrected chi connectivity index (χ3v) is 2.38. The minimum atomic E-state index is 0.427. The van der Waals surface area contributed by atoms with Crippen LogP contribution in [0, 0.1) is 11.3 Å². The van der Waals surface area contributed by atoms with Crippen LogP contribution in [0.4, 0.5) is 5.69 Å². The third kappa shape index (κ3) is 3.05. The largest absolute Gasteiger partial charge is 0.385 e. The smallest absolute Gasteiger partial charge is 0.142 e. The summed E-state index contributed by atoms with van der Waals surface area (Å²) in [7, 11) is 1.90. The number of hydrogen-bond acceptors (Lipinski definition) is 4. The molecule has 0 saturated heterocycles. The molecule has 0 amide bonds. The Bertz CT molecular complexity index is 538. The number of nitrogens with zero attached hydrogens (tertiary/aromatic N) is 4. The Morgan fingerprint density at radius 3 is 3.12 bits per heavy atom. The fourth-order valence-corrected chi connectivity index (χ4v) is 1.55. The Labute approximate surface area is 99.7 Å². The molecular formula is C12H13N5. The first kappa shape index (κ1) is 11.1. The second-order valence-electron chi connectivity index (χ2n) is 3.74. The van der Waals surface area contributed by atoms with Crippen molar-refractivity contribution < 1.29 is 0 Å². The van der Waals surface area contributed by atoms with E-state index in [1.807, 2.05) is 31.6 Å². The summed E-state index contributed by atoms with van der Waals surface area (Å²) in [5.41, 5.74) is 2.53. The molecule has 0 spiro atoms. The van der Waals surface area contributed by atoms with Crippen molar-refractivity contribution >= 4 is 5.69 Å². The molecule has 0 radical (unpaired) electrons. The van der Waals surface area contributed by atoms with E-state index in [2.05, 4.69) is 15.4 Å². The molecule has 5 heteroatoms. The number of nitriles is 1. The molecule has 2 aromatic rings. The molecule has 17 heavy (non-hydrogen) atoms. The van der Waals surface area contributed by atoms with E-state index in [9.17, 15) is 0 Å². The lowest BCUT2D eigenvalue weighted by Gasteiger charge is -2.04. The summed E-state index contributed by atoms with van der Waals surface area (Å²) in [6, 6.07) is 5.60. The first-order valence-corrected chi connectivity index (χ1v) is 5.35. The molecule has 0 bridgehead atoms. The van der Waals surface area contributed by atoms with Gasteiger partial charge < -0.3 is 5.32 Å². The maximum atomic E-state index is 8.72. The van der Waals surface area contributed by atoms with Gasteiger partial charge >= 0.3 is 0 Å². The lowest BCUT2D eigenvalue weighted by atomic mass is 10.2. The maximum absolute atomic E-state index is 8.72. The van der Waals surface area contributed by atoms with Gasteiger partial charge in [-0.1, -0.05) is 0 Å². The van der Waals surface area contributed by atoms with Gasteiger partial charge in [-0.15, -0.1) is 0 Å². The van der Waals surface area contributed by atoms with Crippen molar-refractivity contribution in [1.82, 2.24) is 14.8 Å². The van der Waals surface area contributed by atoms with Gasteiger partial charge in [-0.2, -0.15) is 10.4 Å². The monoisotopic (exact) mass is 227 g/mol. The first-order chi connectivity index (χ1) is 8.28. The average Bonchev–Trinajstić information content (AvgIpc) is 2.75. The minimum absolute atomic E-state index is 0.427. The SMILES string of the molecule is Cn1cc(CCNc2ccnc(C#N)c2)cn1. The topological polar surface area (TPSA) is 66.5 Å². The van der Waals surface area contributed by atoms with Crippen LogP contribution in [0.2, 0.25) is 0 Å². The molecule has 0 aliphatic carbocycles. The van der Waals surface area contributed by atoms with Crippen LogP contribution >= 0.6 is 0 Å². The van der Waals surface area contributed by atoms with Gasteiger partial charge in [0.25, 0.3) is 0 Å². The Morgan fingerprint density at radius 1 is 1.53 bits per heavy atom. The summed E-state index contributed by atoms with van der Waals surface area (Å²) in [6.45, 7) is 0.806. The lowest BCUT2D eigenvalue weighted by molar-refractivity contribution is 0.767. The molecule has 0 saturated carbocycles. The van der Waals surface area contributed by atoms with Crippen LogP contribution in [-0.2, 0) is 13.5 Å². The Hall–Kier alpha value is -2.35. The van der Waals surface area contributed by atoms with E-state index in [0.717, 1.165) is 18.7 Å². The van der Waals surface area contributed by atoms with E-state index in [4.69, 9.17) is 5.26 Å². The van der Waals surface area contributed by atoms with Gasteiger partial charge in [-0.25, -0.2) is 4.98 Å². The summed E-state index contributed by atoms with van der Waals surface area (Å²) < 4.78 is 1.79. The highest BCUT2D eigenvalue weighted by Gasteiger charge is 1.98. The molecule has 0 aliphatic rings. The van der Waals surface area contributed by atoms with Crippen molar-refractivity contribution in [3.05, 3.63) is 42.0 Å². The van der Waals surface area contributed by atoms with Gasteiger partial charge in [0.05, 0.1) is 6.20 Å². The number of anilines is 1. The molecule has 2 heterocycles. The molecule has 0 aromatic carbocycles. The van der Waals surface area contributed by atoms with Crippen LogP contribution in [0.3, 0.4) is 0 Å². The molecule has 0 atom stereocenters. The molecular weight excluding hydrogens is 214 g/mol. The maximum Gasteiger partial charge on any atom is 0.142 e. The number of hydrogen-bond donors (Lipinski definition) is 1. The number of aryl methyl sites for hydroxylation is 1. The number of aromatic nitrogens is 3. The highest BCUT2D eigenvalue weighted by molar-refractivity contribution is 5.45. The van der Waals surface area contributed by atoms with E-state index < -0.39 is 0 Å². The van der Waals surface area contributed by atoms with Gasteiger partial charge in [0.15, 0.2) is 0 Å². The van der Waals surface area contributed by atoms with Gasteiger partial charge in [-0.3, -0.25) is 4.68 Å². The van der Waals surface area contributed by atoms with Gasteiger partial charge in [-0.05, 0) is 24.1 Å². The average molecular weight is 227 g/mol. The predicted molar refractivity (Wildman–Crippen MR) is 64.4 cm³/mol. The molecule has 5 nitrogen and oxygen atoms in total. The minimum Gasteiger partial charge on any atom is -0.385 e. The molecule has 86 valence electrons. The van der Waals surface area contributed by atoms with Gasteiger partial charge in [0, 0.05) is 31.7 Å². The summed E-state index contributed by atoms with van der Waals surface area (Å²) in [5.74, 6) is 0. The standard InChI is InChI=1S/C12H13N5/c1-17-9-10(8-16-17)2-4-14-11-3-5-15-12(6-11)7-13/h3,5-6,8-9H,2,4H2,1H3,(H,14,15). The fraction of sp³-hybridized carbons (Fsp3) is 0.250. The van der Waals surface area contributed by atoms with Crippen LogP contribution in [0.25, 0.3) is 0 Å². The normalized spacial score (nSPS) is 9.88. The summed E-state index contributed by atoms with van der Waals surface area (Å²) >= 11 is 0. The fourth-order valence-electron chi connectivity index (χ4n) is 1.55. The molecule has 2 aromatic heterocycles. The van der Waals surface area contributed by atoms with E-state index in [-0.39, 0.29) is 0 Å². The van der Waals surface area contributed by atoms with Gasteiger partial charge in [0.2, 0.25) is 0 Å². The molecule has 0 unspecified atom stereocenters. The molecule has 0 aliphatic heterocycles. The van der Waals surface area contributed by atoms with Crippen molar-refractivity contribution in [3.63, 3.8) is 0 Å². The summed E-state index contributed by atoms with van der Waals surface area (Å²) in [5, 5.41) is 16.1. The number of nitrogens with one attached hydrogen (secondary N) is 1. The molecule has 1 N–H and O–H groups in total. The predicted octanol–water partition coefficient (Wildman–Crippen LogP) is 1.34. The van der Waals surface area contributed by atoms with E-state index >= 15 is 0 Å². The Kier molecular flexibility index (Phi) is 3.36. The van der Waals surface area contributed by atoms with Crippen LogP contribution in [0.15, 0.2) is 30.7 Å². The van der Waals surface area contributed by atoms with E-state index in [1.165, 1.54) is 5.56 Å². The lowest BCUT2D eigenvalue weighted by Crippen LogP contribution is -2.04. The van der Waals surface area contributed by atoms with E-state index in [1.54, 1.807) is 16.9 Å². The number of pyridine rings is 1. The third-order valence-electron chi connectivity index (χ3n) is 2.38. The number of rotatable bonds is 4. The summed E-state index contributed by atoms with van der Waals surface area (Å²) in [6.07, 6.45) is 6.38. The first-order valence-electron chi connectivity index (χ1n) is 5.35. The van der Waals surface area contributed by atoms with E-state index in [0.29, 0.717) is 5.69 Å². The summed E-state index contributed by atoms with van der Waals surface area (Å²) in [4.78, 5) is 3.91. The van der Waals surface area contributed by atoms with Crippen LogP contribution in [0.5, 0.6) is 0 Å². The van der Waals surface area contributed by atoms with Crippen molar-refractivity contribution in [2.75, 3.05) is 11.9 Å². The second kappa shape index (κ2) is 5.12. The highest BCUT2D eigenvalue weighted by Crippen LogP contribution is 2.07. The zero-order chi connectivity index (χ0) is 12.1.